The molecule has 0 fully saturated rings. The maximum absolute atomic E-state index is 13.1. The molecular formula is C10H14F6OS. The fraction of sp³-hybridized carbons (Fsp3) is 0.900. The minimum Gasteiger partial charge on any atom is -0.287 e. The van der Waals surface area contributed by atoms with Crippen LogP contribution in [-0.4, -0.2) is 35.1 Å². The highest BCUT2D eigenvalue weighted by Crippen LogP contribution is 2.36. The summed E-state index contributed by atoms with van der Waals surface area (Å²) in [5.41, 5.74) is 0. The second kappa shape index (κ2) is 6.68. The average Bonchev–Trinajstić information content (AvgIpc) is 2.25. The molecule has 0 aliphatic carbocycles. The Morgan fingerprint density at radius 2 is 1.67 bits per heavy atom. The summed E-state index contributed by atoms with van der Waals surface area (Å²) in [5.74, 6) is -8.84. The molecule has 0 spiro atoms. The lowest BCUT2D eigenvalue weighted by Gasteiger charge is -2.26. The first-order valence-electron chi connectivity index (χ1n) is 5.21. The second-order valence-corrected chi connectivity index (χ2v) is 5.00. The van der Waals surface area contributed by atoms with Gasteiger partial charge in [-0.25, -0.2) is 26.3 Å². The summed E-state index contributed by atoms with van der Waals surface area (Å²) < 4.78 is 76.7. The zero-order valence-electron chi connectivity index (χ0n) is 9.86. The molecule has 108 valence electrons. The fourth-order valence-corrected chi connectivity index (χ4v) is 1.82. The van der Waals surface area contributed by atoms with E-state index in [9.17, 15) is 31.1 Å². The van der Waals surface area contributed by atoms with E-state index in [0.717, 1.165) is 0 Å². The van der Waals surface area contributed by atoms with Crippen LogP contribution in [0.2, 0.25) is 0 Å². The highest BCUT2D eigenvalue weighted by molar-refractivity contribution is 8.13. The normalized spacial score (nSPS) is 16.4. The van der Waals surface area contributed by atoms with Gasteiger partial charge < -0.3 is 0 Å². The summed E-state index contributed by atoms with van der Waals surface area (Å²) in [7, 11) is 0. The molecule has 0 N–H and O–H groups in total. The molecule has 0 amide bonds. The monoisotopic (exact) mass is 296 g/mol. The average molecular weight is 296 g/mol. The summed E-state index contributed by atoms with van der Waals surface area (Å²) in [6, 6.07) is 0. The molecule has 1 nitrogen and oxygen atoms in total. The van der Waals surface area contributed by atoms with Crippen molar-refractivity contribution in [1.82, 2.24) is 0 Å². The van der Waals surface area contributed by atoms with Crippen LogP contribution < -0.4 is 0 Å². The first-order chi connectivity index (χ1) is 8.02. The van der Waals surface area contributed by atoms with Gasteiger partial charge in [0.05, 0.1) is 0 Å². The molecule has 0 heterocycles. The van der Waals surface area contributed by atoms with Crippen molar-refractivity contribution >= 4 is 16.9 Å². The van der Waals surface area contributed by atoms with Gasteiger partial charge in [-0.1, -0.05) is 18.7 Å². The largest absolute Gasteiger partial charge is 0.287 e. The maximum Gasteiger partial charge on any atom is 0.282 e. The smallest absolute Gasteiger partial charge is 0.282 e. The first kappa shape index (κ1) is 17.6. The van der Waals surface area contributed by atoms with Crippen molar-refractivity contribution in [2.45, 2.75) is 50.9 Å². The fourth-order valence-electron chi connectivity index (χ4n) is 1.01. The van der Waals surface area contributed by atoms with Crippen LogP contribution in [0, 0.1) is 0 Å². The quantitative estimate of drug-likeness (QED) is 0.660. The van der Waals surface area contributed by atoms with E-state index in [1.54, 1.807) is 0 Å². The Kier molecular flexibility index (Phi) is 6.53. The van der Waals surface area contributed by atoms with Crippen LogP contribution in [-0.2, 0) is 4.79 Å². The number of rotatable bonds is 7. The van der Waals surface area contributed by atoms with Crippen molar-refractivity contribution in [1.29, 1.82) is 0 Å². The van der Waals surface area contributed by atoms with Crippen LogP contribution >= 0.6 is 11.8 Å². The van der Waals surface area contributed by atoms with Crippen LogP contribution in [0.3, 0.4) is 0 Å². The van der Waals surface area contributed by atoms with E-state index >= 15 is 0 Å². The Bertz CT molecular complexity index is 278. The molecule has 0 saturated carbocycles. The van der Waals surface area contributed by atoms with Gasteiger partial charge >= 0.3 is 0 Å². The Labute approximate surface area is 105 Å². The molecule has 0 rings (SSSR count). The number of carbonyl (C=O) groups is 1. The topological polar surface area (TPSA) is 17.1 Å². The zero-order chi connectivity index (χ0) is 14.6. The molecule has 0 aromatic carbocycles. The molecule has 2 unspecified atom stereocenters. The minimum absolute atomic E-state index is 0.0374. The molecule has 18 heavy (non-hydrogen) atoms. The third-order valence-corrected chi connectivity index (χ3v) is 3.15. The Morgan fingerprint density at radius 1 is 1.17 bits per heavy atom. The van der Waals surface area contributed by atoms with Crippen molar-refractivity contribution in [2.75, 3.05) is 5.75 Å². The van der Waals surface area contributed by atoms with Crippen LogP contribution in [0.4, 0.5) is 26.3 Å². The van der Waals surface area contributed by atoms with E-state index in [1.165, 1.54) is 6.92 Å². The molecule has 0 radical (unpaired) electrons. The van der Waals surface area contributed by atoms with Crippen LogP contribution in [0.5, 0.6) is 0 Å². The van der Waals surface area contributed by atoms with E-state index in [0.29, 0.717) is 11.8 Å². The summed E-state index contributed by atoms with van der Waals surface area (Å²) in [6.07, 6.45) is -8.20. The number of hydrogen-bond acceptors (Lipinski definition) is 2. The number of hydrogen-bond donors (Lipinski definition) is 0. The van der Waals surface area contributed by atoms with E-state index in [-0.39, 0.29) is 18.5 Å². The van der Waals surface area contributed by atoms with E-state index in [1.807, 2.05) is 0 Å². The Hall–Kier alpha value is -0.400. The van der Waals surface area contributed by atoms with Gasteiger partial charge in [0.25, 0.3) is 11.8 Å². The lowest BCUT2D eigenvalue weighted by molar-refractivity contribution is -0.159. The van der Waals surface area contributed by atoms with E-state index < -0.39 is 36.4 Å². The molecule has 0 aliphatic heterocycles. The molecule has 0 aromatic rings. The molecule has 0 saturated heterocycles. The number of thioether (sulfide) groups is 1. The van der Waals surface area contributed by atoms with Gasteiger partial charge in [0.15, 0.2) is 11.3 Å². The standard InChI is InChI=1S/C10H14F6OS/c1-3-6(17)18-5-4-10(15,16)8(12)7(11)9(2,13)14/h7-8H,3-5H2,1-2H3. The number of alkyl halides is 6. The van der Waals surface area contributed by atoms with Crippen molar-refractivity contribution in [2.24, 2.45) is 0 Å². The summed E-state index contributed by atoms with van der Waals surface area (Å²) in [6.45, 7) is 1.55. The van der Waals surface area contributed by atoms with Gasteiger partial charge in [-0.05, 0) is 0 Å². The lowest BCUT2D eigenvalue weighted by Crippen LogP contribution is -2.45. The Balaban J connectivity index is 4.40. The molecular weight excluding hydrogens is 282 g/mol. The first-order valence-corrected chi connectivity index (χ1v) is 6.20. The van der Waals surface area contributed by atoms with Crippen molar-refractivity contribution in [3.8, 4) is 0 Å². The van der Waals surface area contributed by atoms with Crippen LogP contribution in [0.25, 0.3) is 0 Å². The predicted octanol–water partition coefficient (Wildman–Crippen LogP) is 4.01. The van der Waals surface area contributed by atoms with Crippen molar-refractivity contribution in [3.05, 3.63) is 0 Å². The van der Waals surface area contributed by atoms with Gasteiger partial charge in [-0.2, -0.15) is 0 Å². The second-order valence-electron chi connectivity index (χ2n) is 3.84. The van der Waals surface area contributed by atoms with Crippen LogP contribution in [0.1, 0.15) is 26.7 Å². The maximum atomic E-state index is 13.1. The van der Waals surface area contributed by atoms with Gasteiger partial charge in [-0.3, -0.25) is 4.79 Å². The lowest BCUT2D eigenvalue weighted by atomic mass is 10.0. The summed E-state index contributed by atoms with van der Waals surface area (Å²) in [5, 5.41) is -0.376. The summed E-state index contributed by atoms with van der Waals surface area (Å²) >= 11 is 0.544. The zero-order valence-corrected chi connectivity index (χ0v) is 10.7. The highest BCUT2D eigenvalue weighted by atomic mass is 32.2. The highest BCUT2D eigenvalue weighted by Gasteiger charge is 2.52. The third-order valence-electron chi connectivity index (χ3n) is 2.13. The van der Waals surface area contributed by atoms with Crippen molar-refractivity contribution in [3.63, 3.8) is 0 Å². The summed E-state index contributed by atoms with van der Waals surface area (Å²) in [4.78, 5) is 10.8. The van der Waals surface area contributed by atoms with E-state index in [2.05, 4.69) is 0 Å². The van der Waals surface area contributed by atoms with Gasteiger partial charge in [0, 0.05) is 25.5 Å². The van der Waals surface area contributed by atoms with Gasteiger partial charge in [0.1, 0.15) is 0 Å². The SMILES string of the molecule is CCC(=O)SCCC(F)(F)C(F)C(F)C(C)(F)F. The molecule has 0 aromatic heterocycles. The molecule has 0 bridgehead atoms. The molecule has 0 aliphatic rings. The van der Waals surface area contributed by atoms with Crippen LogP contribution in [0.15, 0.2) is 0 Å². The molecule has 8 heteroatoms. The Morgan fingerprint density at radius 3 is 2.06 bits per heavy atom. The minimum atomic E-state index is -4.22. The molecule has 2 atom stereocenters. The third kappa shape index (κ3) is 5.49. The number of halogens is 6. The number of carbonyl (C=O) groups excluding carboxylic acids is 1. The van der Waals surface area contributed by atoms with Gasteiger partial charge in [0.2, 0.25) is 6.17 Å². The predicted molar refractivity (Wildman–Crippen MR) is 57.7 cm³/mol. The van der Waals surface area contributed by atoms with E-state index in [4.69, 9.17) is 0 Å². The van der Waals surface area contributed by atoms with Crippen molar-refractivity contribution < 1.29 is 31.1 Å². The van der Waals surface area contributed by atoms with Gasteiger partial charge in [-0.15, -0.1) is 0 Å².